The van der Waals surface area contributed by atoms with Gasteiger partial charge in [-0.1, -0.05) is 23.2 Å². The van der Waals surface area contributed by atoms with Crippen molar-refractivity contribution in [3.63, 3.8) is 0 Å². The van der Waals surface area contributed by atoms with Crippen LogP contribution in [0.1, 0.15) is 0 Å². The fourth-order valence-electron chi connectivity index (χ4n) is 0.341. The first kappa shape index (κ1) is 8.83. The van der Waals surface area contributed by atoms with Crippen LogP contribution in [0.25, 0.3) is 0 Å². The predicted octanol–water partition coefficient (Wildman–Crippen LogP) is 4.26. The van der Waals surface area contributed by atoms with Gasteiger partial charge in [-0.2, -0.15) is 0 Å². The van der Waals surface area contributed by atoms with E-state index in [1.54, 1.807) is 0 Å². The molecule has 9 heavy (non-hydrogen) atoms. The second-order valence-electron chi connectivity index (χ2n) is 1.28. The summed E-state index contributed by atoms with van der Waals surface area (Å²) in [6.45, 7) is 0. The molecule has 0 aliphatic heterocycles. The Kier molecular flexibility index (Phi) is 3.36. The Balaban J connectivity index is 3.29. The molecule has 1 heterocycles. The third-order valence-electron chi connectivity index (χ3n) is 0.717. The van der Waals surface area contributed by atoms with E-state index in [9.17, 15) is 0 Å². The molecule has 1 rings (SSSR count). The number of hydrogen-bond donors (Lipinski definition) is 0. The van der Waals surface area contributed by atoms with Crippen molar-refractivity contribution in [1.82, 2.24) is 0 Å². The van der Waals surface area contributed by atoms with Gasteiger partial charge in [-0.15, -0.1) is 11.3 Å². The second-order valence-corrected chi connectivity index (χ2v) is 5.66. The summed E-state index contributed by atoms with van der Waals surface area (Å²) in [7, 11) is 0. The van der Waals surface area contributed by atoms with Gasteiger partial charge >= 0.3 is 0 Å². The van der Waals surface area contributed by atoms with Gasteiger partial charge in [0.2, 0.25) is 0 Å². The first-order valence-electron chi connectivity index (χ1n) is 1.91. The van der Waals surface area contributed by atoms with Gasteiger partial charge in [0.15, 0.2) is 0 Å². The lowest BCUT2D eigenvalue weighted by Crippen LogP contribution is -1.66. The number of rotatable bonds is 0. The maximum atomic E-state index is 5.76. The molecule has 0 radical (unpaired) electrons. The Morgan fingerprint density at radius 3 is 1.44 bits per heavy atom. The van der Waals surface area contributed by atoms with Gasteiger partial charge in [-0.3, -0.25) is 0 Å². The Morgan fingerprint density at radius 2 is 1.33 bits per heavy atom. The van der Waals surface area contributed by atoms with E-state index in [4.69, 9.17) is 23.2 Å². The van der Waals surface area contributed by atoms with E-state index in [-0.39, 0.29) is 0 Å². The number of thiophene rings is 1. The zero-order chi connectivity index (χ0) is 7.02. The van der Waals surface area contributed by atoms with E-state index >= 15 is 0 Å². The zero-order valence-corrected chi connectivity index (χ0v) is 10.6. The molecule has 1 aromatic heterocycles. The summed E-state index contributed by atoms with van der Waals surface area (Å²) >= 11 is 17.3. The SMILES string of the molecule is Clc1sc(Cl)c(I)c1I. The van der Waals surface area contributed by atoms with Crippen LogP contribution >= 0.6 is 79.7 Å². The molecular formula is C4Cl2I2S. The molecule has 0 aliphatic rings. The fraction of sp³-hybridized carbons (Fsp3) is 0. The van der Waals surface area contributed by atoms with Crippen LogP contribution in [0.2, 0.25) is 8.67 Å². The molecule has 0 fully saturated rings. The molecule has 50 valence electrons. The van der Waals surface area contributed by atoms with Crippen LogP contribution < -0.4 is 0 Å². The minimum atomic E-state index is 0.782. The molecule has 0 unspecified atom stereocenters. The summed E-state index contributed by atoms with van der Waals surface area (Å²) in [5, 5.41) is 0. The molecule has 0 saturated heterocycles. The topological polar surface area (TPSA) is 0 Å². The lowest BCUT2D eigenvalue weighted by molar-refractivity contribution is 1.78. The quantitative estimate of drug-likeness (QED) is 0.567. The van der Waals surface area contributed by atoms with Crippen molar-refractivity contribution in [1.29, 1.82) is 0 Å². The van der Waals surface area contributed by atoms with Gasteiger partial charge in [0, 0.05) is 0 Å². The van der Waals surface area contributed by atoms with Gasteiger partial charge in [0.25, 0.3) is 0 Å². The van der Waals surface area contributed by atoms with Gasteiger partial charge in [-0.25, -0.2) is 0 Å². The van der Waals surface area contributed by atoms with E-state index in [0.29, 0.717) is 0 Å². The molecule has 0 atom stereocenters. The van der Waals surface area contributed by atoms with E-state index in [2.05, 4.69) is 45.2 Å². The fourth-order valence-corrected chi connectivity index (χ4v) is 3.54. The smallest absolute Gasteiger partial charge is 0.109 e. The van der Waals surface area contributed by atoms with Crippen molar-refractivity contribution >= 4 is 79.7 Å². The Hall–Kier alpha value is 1.74. The summed E-state index contributed by atoms with van der Waals surface area (Å²) in [6, 6.07) is 0. The average Bonchev–Trinajstić information content (AvgIpc) is 1.98. The monoisotopic (exact) mass is 404 g/mol. The highest BCUT2D eigenvalue weighted by Gasteiger charge is 2.09. The molecule has 0 N–H and O–H groups in total. The molecule has 0 nitrogen and oxygen atoms in total. The van der Waals surface area contributed by atoms with Gasteiger partial charge in [0.05, 0.1) is 7.14 Å². The van der Waals surface area contributed by atoms with Crippen LogP contribution in [0, 0.1) is 7.14 Å². The standard InChI is InChI=1S/C4Cl2I2S/c5-3-1(7)2(8)4(6)9-3. The predicted molar refractivity (Wildman–Crippen MR) is 59.8 cm³/mol. The highest BCUT2D eigenvalue weighted by atomic mass is 127. The van der Waals surface area contributed by atoms with Crippen LogP contribution in [0.15, 0.2) is 0 Å². The van der Waals surface area contributed by atoms with E-state index in [1.807, 2.05) is 0 Å². The third kappa shape index (κ3) is 1.85. The van der Waals surface area contributed by atoms with Gasteiger partial charge < -0.3 is 0 Å². The Labute approximate surface area is 94.2 Å². The zero-order valence-electron chi connectivity index (χ0n) is 3.92. The molecule has 0 spiro atoms. The Morgan fingerprint density at radius 1 is 1.00 bits per heavy atom. The lowest BCUT2D eigenvalue weighted by Gasteiger charge is -1.81. The molecule has 0 amide bonds. The highest BCUT2D eigenvalue weighted by molar-refractivity contribution is 14.1. The summed E-state index contributed by atoms with van der Waals surface area (Å²) in [5.41, 5.74) is 0. The molecular weight excluding hydrogens is 405 g/mol. The molecule has 0 saturated carbocycles. The van der Waals surface area contributed by atoms with Crippen molar-refractivity contribution in [2.45, 2.75) is 0 Å². The van der Waals surface area contributed by atoms with Crippen molar-refractivity contribution in [2.24, 2.45) is 0 Å². The van der Waals surface area contributed by atoms with Crippen LogP contribution in [-0.2, 0) is 0 Å². The highest BCUT2D eigenvalue weighted by Crippen LogP contribution is 2.37. The maximum Gasteiger partial charge on any atom is 0.109 e. The first-order valence-corrected chi connectivity index (χ1v) is 5.64. The van der Waals surface area contributed by atoms with Crippen LogP contribution in [0.4, 0.5) is 0 Å². The third-order valence-corrected chi connectivity index (χ3v) is 6.88. The summed E-state index contributed by atoms with van der Waals surface area (Å²) in [4.78, 5) is 0. The van der Waals surface area contributed by atoms with Crippen LogP contribution in [-0.4, -0.2) is 0 Å². The van der Waals surface area contributed by atoms with Crippen LogP contribution in [0.5, 0.6) is 0 Å². The van der Waals surface area contributed by atoms with Crippen molar-refractivity contribution in [3.05, 3.63) is 15.8 Å². The normalized spacial score (nSPS) is 10.2. The molecule has 1 aromatic rings. The minimum absolute atomic E-state index is 0.782. The molecule has 0 bridgehead atoms. The van der Waals surface area contributed by atoms with E-state index < -0.39 is 0 Å². The molecule has 0 aromatic carbocycles. The van der Waals surface area contributed by atoms with Crippen molar-refractivity contribution in [3.8, 4) is 0 Å². The van der Waals surface area contributed by atoms with Gasteiger partial charge in [-0.05, 0) is 45.2 Å². The van der Waals surface area contributed by atoms with E-state index in [0.717, 1.165) is 15.8 Å². The van der Waals surface area contributed by atoms with E-state index in [1.165, 1.54) is 11.3 Å². The van der Waals surface area contributed by atoms with Crippen molar-refractivity contribution in [2.75, 3.05) is 0 Å². The lowest BCUT2D eigenvalue weighted by atomic mass is 10.7. The molecule has 5 heteroatoms. The maximum absolute atomic E-state index is 5.76. The Bertz CT molecular complexity index is 210. The van der Waals surface area contributed by atoms with Crippen molar-refractivity contribution < 1.29 is 0 Å². The van der Waals surface area contributed by atoms with Gasteiger partial charge in [0.1, 0.15) is 8.67 Å². The second kappa shape index (κ2) is 3.42. The average molecular weight is 405 g/mol. The summed E-state index contributed by atoms with van der Waals surface area (Å²) in [6.07, 6.45) is 0. The molecule has 0 aliphatic carbocycles. The first-order chi connectivity index (χ1) is 4.13. The van der Waals surface area contributed by atoms with Crippen LogP contribution in [0.3, 0.4) is 0 Å². The number of halogens is 4. The number of hydrogen-bond acceptors (Lipinski definition) is 1. The largest absolute Gasteiger partial charge is 0.109 e. The summed E-state index contributed by atoms with van der Waals surface area (Å²) < 4.78 is 3.68. The summed E-state index contributed by atoms with van der Waals surface area (Å²) in [5.74, 6) is 0. The minimum Gasteiger partial charge on any atom is -0.109 e.